The van der Waals surface area contributed by atoms with Crippen molar-refractivity contribution in [3.63, 3.8) is 0 Å². The van der Waals surface area contributed by atoms with Gasteiger partial charge in [-0.05, 0) is 68.1 Å². The molecule has 3 aromatic carbocycles. The van der Waals surface area contributed by atoms with Crippen LogP contribution in [0.5, 0.6) is 0 Å². The lowest BCUT2D eigenvalue weighted by Gasteiger charge is -2.17. The van der Waals surface area contributed by atoms with Crippen LogP contribution < -0.4 is 5.32 Å². The molecule has 0 saturated heterocycles. The molecule has 1 N–H and O–H groups in total. The van der Waals surface area contributed by atoms with Gasteiger partial charge in [-0.15, -0.1) is 11.8 Å². The van der Waals surface area contributed by atoms with Crippen LogP contribution in [0.3, 0.4) is 0 Å². The maximum absolute atomic E-state index is 13.3. The Balaban J connectivity index is 2.10. The van der Waals surface area contributed by atoms with E-state index in [-0.39, 0.29) is 9.80 Å². The normalized spacial score (nSPS) is 12.1. The van der Waals surface area contributed by atoms with E-state index in [9.17, 15) is 13.7 Å². The minimum atomic E-state index is -3.98. The number of thioether (sulfide) groups is 1. The third-order valence-electron chi connectivity index (χ3n) is 5.15. The van der Waals surface area contributed by atoms with E-state index < -0.39 is 9.84 Å². The molecule has 0 atom stereocenters. The summed E-state index contributed by atoms with van der Waals surface area (Å²) in [5, 5.41) is 13.5. The monoisotopic (exact) mass is 462 g/mol. The zero-order chi connectivity index (χ0) is 23.3. The van der Waals surface area contributed by atoms with Crippen LogP contribution in [0.15, 0.2) is 81.6 Å². The van der Waals surface area contributed by atoms with Crippen LogP contribution in [-0.4, -0.2) is 8.42 Å². The Bertz CT molecular complexity index is 1310. The average Bonchev–Trinajstić information content (AvgIpc) is 2.77. The van der Waals surface area contributed by atoms with Crippen molar-refractivity contribution in [2.24, 2.45) is 0 Å². The maximum Gasteiger partial charge on any atom is 0.219 e. The van der Waals surface area contributed by atoms with Crippen molar-refractivity contribution in [1.82, 2.24) is 0 Å². The molecule has 0 aliphatic carbocycles. The molecular weight excluding hydrogens is 436 g/mol. The van der Waals surface area contributed by atoms with Gasteiger partial charge in [0.05, 0.1) is 4.90 Å². The smallest absolute Gasteiger partial charge is 0.219 e. The molecule has 6 heteroatoms. The van der Waals surface area contributed by atoms with Crippen molar-refractivity contribution in [3.05, 3.63) is 104 Å². The van der Waals surface area contributed by atoms with Gasteiger partial charge >= 0.3 is 0 Å². The summed E-state index contributed by atoms with van der Waals surface area (Å²) < 4.78 is 26.7. The Kier molecular flexibility index (Phi) is 7.44. The van der Waals surface area contributed by atoms with Crippen LogP contribution in [0.4, 0.5) is 5.69 Å². The number of hydrogen-bond acceptors (Lipinski definition) is 5. The first-order valence-corrected chi connectivity index (χ1v) is 12.7. The highest BCUT2D eigenvalue weighted by molar-refractivity contribution is 8.04. The van der Waals surface area contributed by atoms with Crippen LogP contribution in [-0.2, 0) is 15.6 Å². The van der Waals surface area contributed by atoms with Crippen LogP contribution in [0, 0.1) is 39.0 Å². The van der Waals surface area contributed by atoms with Gasteiger partial charge in [-0.25, -0.2) is 8.42 Å². The third kappa shape index (κ3) is 5.42. The van der Waals surface area contributed by atoms with Crippen LogP contribution in [0.2, 0.25) is 0 Å². The number of nitriles is 1. The molecule has 4 nitrogen and oxygen atoms in total. The minimum Gasteiger partial charge on any atom is -0.348 e. The highest BCUT2D eigenvalue weighted by Gasteiger charge is 2.26. The first-order chi connectivity index (χ1) is 15.2. The molecule has 3 aromatic rings. The molecule has 164 valence electrons. The van der Waals surface area contributed by atoms with E-state index in [1.54, 1.807) is 18.2 Å². The molecule has 0 aliphatic rings. The van der Waals surface area contributed by atoms with Crippen molar-refractivity contribution in [2.75, 3.05) is 5.32 Å². The van der Waals surface area contributed by atoms with Crippen LogP contribution in [0.25, 0.3) is 0 Å². The summed E-state index contributed by atoms with van der Waals surface area (Å²) in [5.74, 6) is 0.538. The van der Waals surface area contributed by atoms with Gasteiger partial charge in [0.2, 0.25) is 9.84 Å². The van der Waals surface area contributed by atoms with E-state index in [2.05, 4.69) is 23.5 Å². The van der Waals surface area contributed by atoms with Gasteiger partial charge < -0.3 is 5.32 Å². The number of anilines is 1. The van der Waals surface area contributed by atoms with Gasteiger partial charge in [-0.3, -0.25) is 0 Å². The van der Waals surface area contributed by atoms with Gasteiger partial charge in [-0.1, -0.05) is 54.1 Å². The summed E-state index contributed by atoms with van der Waals surface area (Å²) >= 11 is 1.33. The Morgan fingerprint density at radius 2 is 1.53 bits per heavy atom. The second kappa shape index (κ2) is 10.1. The van der Waals surface area contributed by atoms with Crippen molar-refractivity contribution in [3.8, 4) is 6.07 Å². The predicted molar refractivity (Wildman–Crippen MR) is 133 cm³/mol. The number of aryl methyl sites for hydroxylation is 4. The fourth-order valence-electron chi connectivity index (χ4n) is 3.21. The van der Waals surface area contributed by atoms with E-state index in [1.165, 1.54) is 23.9 Å². The van der Waals surface area contributed by atoms with Gasteiger partial charge in [0.1, 0.15) is 11.1 Å². The second-order valence-corrected chi connectivity index (χ2v) is 10.6. The van der Waals surface area contributed by atoms with Crippen molar-refractivity contribution < 1.29 is 8.42 Å². The van der Waals surface area contributed by atoms with Gasteiger partial charge in [0.15, 0.2) is 4.91 Å². The summed E-state index contributed by atoms with van der Waals surface area (Å²) in [7, 11) is -3.98. The summed E-state index contributed by atoms with van der Waals surface area (Å²) in [5.41, 5.74) is 6.15. The minimum absolute atomic E-state index is 0.101. The number of sulfone groups is 1. The first-order valence-electron chi connectivity index (χ1n) is 10.2. The predicted octanol–water partition coefficient (Wildman–Crippen LogP) is 6.43. The largest absolute Gasteiger partial charge is 0.348 e. The van der Waals surface area contributed by atoms with E-state index in [1.807, 2.05) is 52.0 Å². The summed E-state index contributed by atoms with van der Waals surface area (Å²) in [6.45, 7) is 7.98. The highest BCUT2D eigenvalue weighted by Crippen LogP contribution is 2.33. The van der Waals surface area contributed by atoms with Gasteiger partial charge in [-0.2, -0.15) is 5.26 Å². The van der Waals surface area contributed by atoms with Crippen LogP contribution >= 0.6 is 11.8 Å². The van der Waals surface area contributed by atoms with E-state index in [0.29, 0.717) is 10.8 Å². The molecule has 0 aliphatic heterocycles. The molecule has 0 spiro atoms. The molecule has 0 unspecified atom stereocenters. The fraction of sp³-hybridized carbons (Fsp3) is 0.192. The summed E-state index contributed by atoms with van der Waals surface area (Å²) in [4.78, 5) is -0.177. The lowest BCUT2D eigenvalue weighted by atomic mass is 10.1. The van der Waals surface area contributed by atoms with E-state index in [4.69, 9.17) is 0 Å². The summed E-state index contributed by atoms with van der Waals surface area (Å²) in [6, 6.07) is 22.2. The molecule has 0 amide bonds. The Morgan fingerprint density at radius 1 is 0.906 bits per heavy atom. The second-order valence-electron chi connectivity index (χ2n) is 7.75. The molecule has 3 rings (SSSR count). The molecule has 0 saturated carbocycles. The number of rotatable bonds is 7. The maximum atomic E-state index is 13.3. The summed E-state index contributed by atoms with van der Waals surface area (Å²) in [6.07, 6.45) is 0. The number of allylic oxidation sites excluding steroid dienone is 1. The Labute approximate surface area is 194 Å². The lowest BCUT2D eigenvalue weighted by molar-refractivity contribution is 0.603. The van der Waals surface area contributed by atoms with Crippen molar-refractivity contribution in [1.29, 1.82) is 5.26 Å². The van der Waals surface area contributed by atoms with Crippen molar-refractivity contribution >= 4 is 27.3 Å². The quantitative estimate of drug-likeness (QED) is 0.410. The zero-order valence-electron chi connectivity index (χ0n) is 18.6. The molecule has 0 aromatic heterocycles. The van der Waals surface area contributed by atoms with Gasteiger partial charge in [0.25, 0.3) is 0 Å². The molecule has 0 bridgehead atoms. The highest BCUT2D eigenvalue weighted by atomic mass is 32.2. The van der Waals surface area contributed by atoms with Crippen molar-refractivity contribution in [2.45, 2.75) is 38.3 Å². The third-order valence-corrected chi connectivity index (χ3v) is 8.05. The topological polar surface area (TPSA) is 70.0 Å². The standard InChI is InChI=1S/C26H26N2O2S2/c1-18-10-12-20(3)22(14-18)17-31-26(28-24-15-19(2)11-13-21(24)4)25(16-27)32(29,30)23-8-6-5-7-9-23/h5-15,28H,17H2,1-4H3/b26-25+. The lowest BCUT2D eigenvalue weighted by Crippen LogP contribution is -2.11. The van der Waals surface area contributed by atoms with E-state index >= 15 is 0 Å². The molecule has 0 fully saturated rings. The zero-order valence-corrected chi connectivity index (χ0v) is 20.3. The number of hydrogen-bond donors (Lipinski definition) is 1. The first kappa shape index (κ1) is 23.6. The Morgan fingerprint density at radius 3 is 2.19 bits per heavy atom. The molecule has 32 heavy (non-hydrogen) atoms. The SMILES string of the molecule is Cc1ccc(C)c(CS/C(Nc2cc(C)ccc2C)=C(\C#N)S(=O)(=O)c2ccccc2)c1. The average molecular weight is 463 g/mol. The number of nitrogens with zero attached hydrogens (tertiary/aromatic N) is 1. The molecule has 0 radical (unpaired) electrons. The van der Waals surface area contributed by atoms with Gasteiger partial charge in [0, 0.05) is 11.4 Å². The van der Waals surface area contributed by atoms with Crippen LogP contribution in [0.1, 0.15) is 27.8 Å². The number of nitrogens with one attached hydrogen (secondary N) is 1. The fourth-order valence-corrected chi connectivity index (χ4v) is 5.85. The van der Waals surface area contributed by atoms with E-state index in [0.717, 1.165) is 33.5 Å². The Hall–Kier alpha value is -3.01. The number of benzene rings is 3. The molecule has 0 heterocycles. The molecular formula is C26H26N2O2S2.